The summed E-state index contributed by atoms with van der Waals surface area (Å²) in [6, 6.07) is 0. The van der Waals surface area contributed by atoms with Crippen LogP contribution in [0.2, 0.25) is 0 Å². The van der Waals surface area contributed by atoms with Gasteiger partial charge in [-0.2, -0.15) is 5.10 Å². The number of aliphatic imine (C=N–C) groups is 1. The van der Waals surface area contributed by atoms with E-state index in [4.69, 9.17) is 5.73 Å². The van der Waals surface area contributed by atoms with Crippen molar-refractivity contribution in [1.29, 1.82) is 0 Å². The Labute approximate surface area is 163 Å². The first-order chi connectivity index (χ1) is 11.2. The number of H-pyrrole nitrogens is 1. The van der Waals surface area contributed by atoms with Crippen LogP contribution in [0.5, 0.6) is 0 Å². The van der Waals surface area contributed by atoms with E-state index in [9.17, 15) is 0 Å². The van der Waals surface area contributed by atoms with Crippen LogP contribution in [0.15, 0.2) is 22.8 Å². The number of hydrogen-bond acceptors (Lipinski definition) is 5. The van der Waals surface area contributed by atoms with E-state index >= 15 is 0 Å². The van der Waals surface area contributed by atoms with Crippen molar-refractivity contribution in [1.82, 2.24) is 20.1 Å². The number of nitrogens with one attached hydrogen (secondary N) is 1. The molecule has 1 saturated heterocycles. The van der Waals surface area contributed by atoms with Crippen LogP contribution in [0.3, 0.4) is 0 Å². The van der Waals surface area contributed by atoms with Gasteiger partial charge in [-0.3, -0.25) is 10.1 Å². The monoisotopic (exact) mass is 461 g/mol. The van der Waals surface area contributed by atoms with E-state index in [1.807, 2.05) is 24.7 Å². The Hall–Kier alpha value is -1.36. The maximum absolute atomic E-state index is 6.13. The predicted octanol–water partition coefficient (Wildman–Crippen LogP) is 1.86. The molecule has 1 aliphatic heterocycles. The number of halogens is 1. The number of guanidine groups is 1. The number of nitrogens with two attached hydrogens (primary N) is 1. The molecule has 7 nitrogen and oxygen atoms in total. The highest BCUT2D eigenvalue weighted by Crippen LogP contribution is 2.18. The third kappa shape index (κ3) is 4.82. The molecule has 24 heavy (non-hydrogen) atoms. The lowest BCUT2D eigenvalue weighted by Crippen LogP contribution is -2.51. The lowest BCUT2D eigenvalue weighted by molar-refractivity contribution is 0.380. The SMILES string of the molecule is Cc1[nH]ncc1CCCN=C(N)N1CCN(c2nccs2)CC1.I. The average Bonchev–Trinajstić information content (AvgIpc) is 3.23. The molecule has 0 aliphatic carbocycles. The van der Waals surface area contributed by atoms with Crippen LogP contribution in [0.25, 0.3) is 0 Å². The number of aromatic nitrogens is 3. The number of hydrogen-bond donors (Lipinski definition) is 2. The van der Waals surface area contributed by atoms with Gasteiger partial charge in [0.1, 0.15) is 0 Å². The highest BCUT2D eigenvalue weighted by atomic mass is 127. The molecule has 9 heteroatoms. The van der Waals surface area contributed by atoms with Crippen molar-refractivity contribution in [2.24, 2.45) is 10.7 Å². The quantitative estimate of drug-likeness (QED) is 0.307. The number of rotatable bonds is 5. The van der Waals surface area contributed by atoms with Crippen LogP contribution in [0, 0.1) is 6.92 Å². The molecular weight excluding hydrogens is 437 g/mol. The second-order valence-corrected chi connectivity index (χ2v) is 6.53. The molecule has 0 saturated carbocycles. The van der Waals surface area contributed by atoms with Gasteiger partial charge >= 0.3 is 0 Å². The summed E-state index contributed by atoms with van der Waals surface area (Å²) in [6.07, 6.45) is 5.71. The summed E-state index contributed by atoms with van der Waals surface area (Å²) in [5.41, 5.74) is 8.53. The molecule has 0 radical (unpaired) electrons. The van der Waals surface area contributed by atoms with Crippen LogP contribution >= 0.6 is 35.3 Å². The molecule has 0 spiro atoms. The smallest absolute Gasteiger partial charge is 0.191 e. The third-order valence-electron chi connectivity index (χ3n) is 4.11. The normalized spacial score (nSPS) is 15.5. The lowest BCUT2D eigenvalue weighted by Gasteiger charge is -2.35. The summed E-state index contributed by atoms with van der Waals surface area (Å²) in [6.45, 7) is 6.48. The molecule has 2 aromatic heterocycles. The van der Waals surface area contributed by atoms with Gasteiger partial charge in [0.05, 0.1) is 6.20 Å². The van der Waals surface area contributed by atoms with Gasteiger partial charge in [0.2, 0.25) is 0 Å². The highest BCUT2D eigenvalue weighted by molar-refractivity contribution is 14.0. The van der Waals surface area contributed by atoms with Gasteiger partial charge in [-0.25, -0.2) is 4.98 Å². The van der Waals surface area contributed by atoms with Gasteiger partial charge < -0.3 is 15.5 Å². The van der Waals surface area contributed by atoms with E-state index < -0.39 is 0 Å². The van der Waals surface area contributed by atoms with Crippen molar-refractivity contribution in [2.45, 2.75) is 19.8 Å². The van der Waals surface area contributed by atoms with Gasteiger partial charge in [-0.05, 0) is 25.3 Å². The number of aromatic amines is 1. The molecule has 0 aromatic carbocycles. The summed E-state index contributed by atoms with van der Waals surface area (Å²) in [4.78, 5) is 13.3. The molecule has 132 valence electrons. The fourth-order valence-corrected chi connectivity index (χ4v) is 3.39. The minimum Gasteiger partial charge on any atom is -0.370 e. The predicted molar refractivity (Wildman–Crippen MR) is 109 cm³/mol. The summed E-state index contributed by atoms with van der Waals surface area (Å²) in [7, 11) is 0. The Balaban J connectivity index is 0.00000208. The van der Waals surface area contributed by atoms with E-state index in [-0.39, 0.29) is 24.0 Å². The zero-order valence-corrected chi connectivity index (χ0v) is 17.0. The summed E-state index contributed by atoms with van der Waals surface area (Å²) in [5, 5.41) is 10.1. The second kappa shape index (κ2) is 9.21. The molecular formula is C15H24IN7S. The minimum atomic E-state index is 0. The van der Waals surface area contributed by atoms with Crippen molar-refractivity contribution >= 4 is 46.4 Å². The fraction of sp³-hybridized carbons (Fsp3) is 0.533. The topological polar surface area (TPSA) is 86.4 Å². The van der Waals surface area contributed by atoms with Crippen LogP contribution in [0.4, 0.5) is 5.13 Å². The van der Waals surface area contributed by atoms with E-state index in [2.05, 4.69) is 30.0 Å². The van der Waals surface area contributed by atoms with Crippen molar-refractivity contribution in [3.05, 3.63) is 29.0 Å². The first-order valence-corrected chi connectivity index (χ1v) is 8.80. The maximum atomic E-state index is 6.13. The van der Waals surface area contributed by atoms with Crippen LogP contribution in [-0.4, -0.2) is 58.8 Å². The molecule has 1 aliphatic rings. The van der Waals surface area contributed by atoms with E-state index in [0.717, 1.165) is 56.4 Å². The lowest BCUT2D eigenvalue weighted by atomic mass is 10.1. The highest BCUT2D eigenvalue weighted by Gasteiger charge is 2.19. The molecule has 3 N–H and O–H groups in total. The van der Waals surface area contributed by atoms with Gasteiger partial charge in [0.15, 0.2) is 11.1 Å². The number of anilines is 1. The molecule has 1 fully saturated rings. The average molecular weight is 461 g/mol. The molecule has 0 atom stereocenters. The van der Waals surface area contributed by atoms with Gasteiger partial charge in [-0.15, -0.1) is 35.3 Å². The van der Waals surface area contributed by atoms with Crippen LogP contribution in [-0.2, 0) is 6.42 Å². The largest absolute Gasteiger partial charge is 0.370 e. The zero-order chi connectivity index (χ0) is 16.1. The van der Waals surface area contributed by atoms with E-state index in [0.29, 0.717) is 5.96 Å². The third-order valence-corrected chi connectivity index (χ3v) is 4.94. The standard InChI is InChI=1S/C15H23N7S.HI/c1-12-13(11-19-20-12)3-2-4-17-14(16)21-6-8-22(9-7-21)15-18-5-10-23-15;/h5,10-11H,2-4,6-9H2,1H3,(H2,16,17)(H,19,20);1H. The number of piperazine rings is 1. The Morgan fingerprint density at radius 3 is 2.79 bits per heavy atom. The fourth-order valence-electron chi connectivity index (χ4n) is 2.69. The molecule has 0 amide bonds. The van der Waals surface area contributed by atoms with Crippen molar-refractivity contribution in [2.75, 3.05) is 37.6 Å². The number of nitrogens with zero attached hydrogens (tertiary/aromatic N) is 5. The molecule has 3 rings (SSSR count). The van der Waals surface area contributed by atoms with Crippen LogP contribution < -0.4 is 10.6 Å². The molecule has 2 aromatic rings. The Kier molecular flexibility index (Phi) is 7.28. The molecule has 0 bridgehead atoms. The van der Waals surface area contributed by atoms with E-state index in [1.165, 1.54) is 5.56 Å². The Bertz CT molecular complexity index is 632. The number of thiazole rings is 1. The first kappa shape index (κ1) is 19.0. The summed E-state index contributed by atoms with van der Waals surface area (Å²) >= 11 is 1.68. The van der Waals surface area contributed by atoms with Crippen molar-refractivity contribution in [3.63, 3.8) is 0 Å². The zero-order valence-electron chi connectivity index (χ0n) is 13.8. The minimum absolute atomic E-state index is 0. The van der Waals surface area contributed by atoms with Crippen molar-refractivity contribution in [3.8, 4) is 0 Å². The molecule has 3 heterocycles. The Morgan fingerprint density at radius 2 is 2.17 bits per heavy atom. The van der Waals surface area contributed by atoms with Gasteiger partial charge in [-0.1, -0.05) is 0 Å². The maximum Gasteiger partial charge on any atom is 0.191 e. The second-order valence-electron chi connectivity index (χ2n) is 5.65. The van der Waals surface area contributed by atoms with Gasteiger partial charge in [0.25, 0.3) is 0 Å². The molecule has 0 unspecified atom stereocenters. The summed E-state index contributed by atoms with van der Waals surface area (Å²) < 4.78 is 0. The summed E-state index contributed by atoms with van der Waals surface area (Å²) in [5.74, 6) is 0.660. The van der Waals surface area contributed by atoms with Gasteiger partial charge in [0, 0.05) is 50.0 Å². The number of aryl methyl sites for hydroxylation is 2. The van der Waals surface area contributed by atoms with Crippen LogP contribution in [0.1, 0.15) is 17.7 Å². The van der Waals surface area contributed by atoms with E-state index in [1.54, 1.807) is 11.3 Å². The first-order valence-electron chi connectivity index (χ1n) is 7.92. The van der Waals surface area contributed by atoms with Crippen molar-refractivity contribution < 1.29 is 0 Å². The Morgan fingerprint density at radius 1 is 1.38 bits per heavy atom.